The maximum atomic E-state index is 12.6. The topological polar surface area (TPSA) is 92.5 Å². The molecule has 1 N–H and O–H groups in total. The van der Waals surface area contributed by atoms with E-state index in [1.54, 1.807) is 12.1 Å². The first-order valence-corrected chi connectivity index (χ1v) is 8.73. The van der Waals surface area contributed by atoms with E-state index in [9.17, 15) is 13.2 Å². The van der Waals surface area contributed by atoms with Crippen molar-refractivity contribution >= 4 is 37.7 Å². The van der Waals surface area contributed by atoms with Crippen molar-refractivity contribution < 1.29 is 17.7 Å². The lowest BCUT2D eigenvalue weighted by molar-refractivity contribution is -0.116. The number of hydrogen-bond acceptors (Lipinski definition) is 5. The van der Waals surface area contributed by atoms with Gasteiger partial charge in [-0.3, -0.25) is 4.79 Å². The highest BCUT2D eigenvalue weighted by Crippen LogP contribution is 2.19. The summed E-state index contributed by atoms with van der Waals surface area (Å²) < 4.78 is 31.6. The Balaban J connectivity index is 2.17. The molecule has 7 nitrogen and oxygen atoms in total. The predicted molar refractivity (Wildman–Crippen MR) is 88.2 cm³/mol. The quantitative estimate of drug-likeness (QED) is 0.720. The largest absolute Gasteiger partial charge is 0.363 e. The third-order valence-electron chi connectivity index (χ3n) is 2.81. The molecular formula is C14H14BrN3O4S. The number of carbonyl (C=O) groups is 1. The van der Waals surface area contributed by atoms with Crippen LogP contribution < -0.4 is 5.32 Å². The molecular weight excluding hydrogens is 386 g/mol. The molecule has 0 saturated carbocycles. The molecule has 23 heavy (non-hydrogen) atoms. The Labute approximate surface area is 142 Å². The Morgan fingerprint density at radius 1 is 1.35 bits per heavy atom. The third kappa shape index (κ3) is 4.50. The Hall–Kier alpha value is -1.97. The second-order valence-electron chi connectivity index (χ2n) is 4.47. The molecule has 122 valence electrons. The Morgan fingerprint density at radius 2 is 2.04 bits per heavy atom. The number of aromatic nitrogens is 1. The van der Waals surface area contributed by atoms with Crippen molar-refractivity contribution in [2.75, 3.05) is 18.4 Å². The van der Waals surface area contributed by atoms with E-state index >= 15 is 0 Å². The lowest BCUT2D eigenvalue weighted by Gasteiger charge is -2.20. The van der Waals surface area contributed by atoms with Gasteiger partial charge in [0, 0.05) is 17.1 Å². The number of sulfonamides is 1. The van der Waals surface area contributed by atoms with Gasteiger partial charge in [0.25, 0.3) is 0 Å². The van der Waals surface area contributed by atoms with Gasteiger partial charge in [-0.2, -0.15) is 4.31 Å². The summed E-state index contributed by atoms with van der Waals surface area (Å²) in [4.78, 5) is 12.1. The van der Waals surface area contributed by atoms with Gasteiger partial charge in [-0.05, 0) is 24.3 Å². The van der Waals surface area contributed by atoms with E-state index < -0.39 is 15.9 Å². The van der Waals surface area contributed by atoms with Crippen LogP contribution in [0.25, 0.3) is 0 Å². The van der Waals surface area contributed by atoms with Gasteiger partial charge in [0.15, 0.2) is 5.82 Å². The van der Waals surface area contributed by atoms with Gasteiger partial charge in [-0.1, -0.05) is 27.2 Å². The first-order valence-electron chi connectivity index (χ1n) is 6.50. The number of hydrogen-bond donors (Lipinski definition) is 1. The van der Waals surface area contributed by atoms with Crippen LogP contribution in [-0.4, -0.2) is 36.9 Å². The second-order valence-corrected chi connectivity index (χ2v) is 7.33. The molecule has 0 aliphatic rings. The van der Waals surface area contributed by atoms with Crippen LogP contribution in [0.5, 0.6) is 0 Å². The maximum Gasteiger partial charge on any atom is 0.243 e. The molecule has 1 amide bonds. The van der Waals surface area contributed by atoms with E-state index in [2.05, 4.69) is 37.5 Å². The summed E-state index contributed by atoms with van der Waals surface area (Å²) in [6, 6.07) is 7.62. The molecule has 0 bridgehead atoms. The lowest BCUT2D eigenvalue weighted by Crippen LogP contribution is -2.38. The summed E-state index contributed by atoms with van der Waals surface area (Å²) >= 11 is 3.25. The van der Waals surface area contributed by atoms with Gasteiger partial charge >= 0.3 is 0 Å². The highest BCUT2D eigenvalue weighted by Gasteiger charge is 2.25. The normalized spacial score (nSPS) is 11.4. The fourth-order valence-electron chi connectivity index (χ4n) is 1.77. The van der Waals surface area contributed by atoms with Crippen molar-refractivity contribution in [3.05, 3.63) is 53.7 Å². The van der Waals surface area contributed by atoms with Crippen molar-refractivity contribution in [2.24, 2.45) is 0 Å². The number of carbonyl (C=O) groups excluding carboxylic acids is 1. The van der Waals surface area contributed by atoms with E-state index in [0.29, 0.717) is 0 Å². The van der Waals surface area contributed by atoms with E-state index in [1.807, 2.05) is 0 Å². The van der Waals surface area contributed by atoms with E-state index in [0.717, 1.165) is 8.78 Å². The van der Waals surface area contributed by atoms with Gasteiger partial charge in [-0.25, -0.2) is 8.42 Å². The van der Waals surface area contributed by atoms with Crippen molar-refractivity contribution in [1.82, 2.24) is 9.46 Å². The van der Waals surface area contributed by atoms with Gasteiger partial charge in [0.1, 0.15) is 6.26 Å². The van der Waals surface area contributed by atoms with E-state index in [4.69, 9.17) is 0 Å². The van der Waals surface area contributed by atoms with Crippen LogP contribution in [0.4, 0.5) is 5.82 Å². The van der Waals surface area contributed by atoms with Crippen LogP contribution in [0.3, 0.4) is 0 Å². The molecule has 0 radical (unpaired) electrons. The highest BCUT2D eigenvalue weighted by molar-refractivity contribution is 9.10. The monoisotopic (exact) mass is 399 g/mol. The molecule has 0 atom stereocenters. The maximum absolute atomic E-state index is 12.6. The number of rotatable bonds is 7. The smallest absolute Gasteiger partial charge is 0.243 e. The number of benzene rings is 1. The molecule has 0 saturated heterocycles. The molecule has 1 aromatic carbocycles. The van der Waals surface area contributed by atoms with Crippen molar-refractivity contribution in [1.29, 1.82) is 0 Å². The third-order valence-corrected chi connectivity index (χ3v) is 5.16. The SMILES string of the molecule is C=CCN(CC(=O)Nc1ccon1)S(=O)(=O)c1ccc(Br)cc1. The average Bonchev–Trinajstić information content (AvgIpc) is 3.00. The Kier molecular flexibility index (Phi) is 5.69. The number of nitrogens with zero attached hydrogens (tertiary/aromatic N) is 2. The minimum Gasteiger partial charge on any atom is -0.363 e. The summed E-state index contributed by atoms with van der Waals surface area (Å²) in [7, 11) is -3.82. The molecule has 0 aliphatic heterocycles. The van der Waals surface area contributed by atoms with Crippen LogP contribution in [0.2, 0.25) is 0 Å². The predicted octanol–water partition coefficient (Wildman–Crippen LogP) is 2.25. The first kappa shape index (κ1) is 17.4. The summed E-state index contributed by atoms with van der Waals surface area (Å²) in [5, 5.41) is 5.99. The van der Waals surface area contributed by atoms with Crippen LogP contribution >= 0.6 is 15.9 Å². The zero-order valence-corrected chi connectivity index (χ0v) is 14.4. The van der Waals surface area contributed by atoms with E-state index in [-0.39, 0.29) is 23.8 Å². The number of anilines is 1. The summed E-state index contributed by atoms with van der Waals surface area (Å²) in [6.07, 6.45) is 2.72. The van der Waals surface area contributed by atoms with Gasteiger partial charge < -0.3 is 9.84 Å². The molecule has 0 unspecified atom stereocenters. The Bertz CT molecular complexity index is 773. The van der Waals surface area contributed by atoms with Gasteiger partial charge in [0.05, 0.1) is 11.4 Å². The first-order chi connectivity index (χ1) is 10.9. The molecule has 0 aliphatic carbocycles. The number of halogens is 1. The highest BCUT2D eigenvalue weighted by atomic mass is 79.9. The number of nitrogens with one attached hydrogen (secondary N) is 1. The Morgan fingerprint density at radius 3 is 2.61 bits per heavy atom. The summed E-state index contributed by atoms with van der Waals surface area (Å²) in [5.74, 6) is -0.309. The minimum atomic E-state index is -3.82. The van der Waals surface area contributed by atoms with Crippen molar-refractivity contribution in [3.8, 4) is 0 Å². The molecule has 1 heterocycles. The van der Waals surface area contributed by atoms with Gasteiger partial charge in [0.2, 0.25) is 15.9 Å². The average molecular weight is 400 g/mol. The summed E-state index contributed by atoms with van der Waals surface area (Å²) in [6.45, 7) is 3.17. The minimum absolute atomic E-state index is 0.00460. The molecule has 0 spiro atoms. The lowest BCUT2D eigenvalue weighted by atomic mass is 10.4. The van der Waals surface area contributed by atoms with Crippen LogP contribution in [0.1, 0.15) is 0 Å². The second kappa shape index (κ2) is 7.53. The summed E-state index contributed by atoms with van der Waals surface area (Å²) in [5.41, 5.74) is 0. The van der Waals surface area contributed by atoms with Crippen molar-refractivity contribution in [3.63, 3.8) is 0 Å². The van der Waals surface area contributed by atoms with Crippen LogP contribution in [0, 0.1) is 0 Å². The zero-order valence-electron chi connectivity index (χ0n) is 12.0. The fourth-order valence-corrected chi connectivity index (χ4v) is 3.40. The molecule has 1 aromatic heterocycles. The van der Waals surface area contributed by atoms with Crippen molar-refractivity contribution in [2.45, 2.75) is 4.90 Å². The molecule has 9 heteroatoms. The van der Waals surface area contributed by atoms with E-state index in [1.165, 1.54) is 30.5 Å². The number of amides is 1. The molecule has 2 aromatic rings. The molecule has 0 fully saturated rings. The fraction of sp³-hybridized carbons (Fsp3) is 0.143. The van der Waals surface area contributed by atoms with Crippen LogP contribution in [0.15, 0.2) is 63.1 Å². The standard InChI is InChI=1S/C14H14BrN3O4S/c1-2-8-18(10-14(19)16-13-7-9-22-17-13)23(20,21)12-5-3-11(15)4-6-12/h2-7,9H,1,8,10H2,(H,16,17,19). The zero-order chi connectivity index (χ0) is 16.9. The van der Waals surface area contributed by atoms with Crippen LogP contribution in [-0.2, 0) is 14.8 Å². The van der Waals surface area contributed by atoms with Gasteiger partial charge in [-0.15, -0.1) is 6.58 Å². The molecule has 2 rings (SSSR count).